The average molecular weight is 438 g/mol. The van der Waals surface area contributed by atoms with Crippen LogP contribution in [-0.4, -0.2) is 52.7 Å². The van der Waals surface area contributed by atoms with Crippen LogP contribution in [-0.2, 0) is 20.5 Å². The molecule has 1 saturated carbocycles. The van der Waals surface area contributed by atoms with Crippen molar-refractivity contribution < 1.29 is 18.8 Å². The zero-order valence-corrected chi connectivity index (χ0v) is 20.4. The molecule has 1 amide bonds. The second-order valence-corrected chi connectivity index (χ2v) is 11.8. The first-order chi connectivity index (χ1) is 14.8. The van der Waals surface area contributed by atoms with E-state index < -0.39 is 5.60 Å². The van der Waals surface area contributed by atoms with Gasteiger partial charge in [-0.25, -0.2) is 4.79 Å². The summed E-state index contributed by atoms with van der Waals surface area (Å²) in [7, 11) is -0.380. The van der Waals surface area contributed by atoms with E-state index in [1.54, 1.807) is 0 Å². The molecule has 1 aromatic carbocycles. The summed E-state index contributed by atoms with van der Waals surface area (Å²) in [6, 6.07) is 6.59. The highest BCUT2D eigenvalue weighted by Gasteiger charge is 2.53. The van der Waals surface area contributed by atoms with Crippen molar-refractivity contribution in [3.8, 4) is 0 Å². The summed E-state index contributed by atoms with van der Waals surface area (Å²) in [6.07, 6.45) is 3.83. The van der Waals surface area contributed by atoms with Crippen LogP contribution in [0.2, 0.25) is 0 Å². The number of carbonyl (C=O) groups is 1. The Bertz CT molecular complexity index is 965. The lowest BCUT2D eigenvalue weighted by atomic mass is 9.78. The van der Waals surface area contributed by atoms with Gasteiger partial charge in [0, 0.05) is 18.2 Å². The molecule has 0 aromatic heterocycles. The number of nitrogens with zero attached hydrogens (tertiary/aromatic N) is 2. The van der Waals surface area contributed by atoms with Crippen molar-refractivity contribution in [2.75, 3.05) is 0 Å². The Morgan fingerprint density at radius 2 is 1.84 bits per heavy atom. The molecule has 172 valence electrons. The van der Waals surface area contributed by atoms with Gasteiger partial charge in [-0.05, 0) is 90.7 Å². The van der Waals surface area contributed by atoms with E-state index in [4.69, 9.17) is 19.0 Å². The SMILES string of the molecule is CC(C)(C)OC(=O)N1C2CC[C@@H](C2)[C@H]1C1=Nc2ccc(B3OC(C)(C)C(C)(C)O3)cc2C1. The van der Waals surface area contributed by atoms with Crippen molar-refractivity contribution in [3.05, 3.63) is 23.8 Å². The van der Waals surface area contributed by atoms with Crippen LogP contribution in [0.5, 0.6) is 0 Å². The molecule has 1 aromatic rings. The Morgan fingerprint density at radius 3 is 2.50 bits per heavy atom. The molecule has 0 N–H and O–H groups in total. The highest BCUT2D eigenvalue weighted by molar-refractivity contribution is 6.62. The van der Waals surface area contributed by atoms with Crippen molar-refractivity contribution in [3.63, 3.8) is 0 Å². The third-order valence-electron chi connectivity index (χ3n) is 7.80. The predicted octanol–water partition coefficient (Wildman–Crippen LogP) is 4.40. The lowest BCUT2D eigenvalue weighted by Gasteiger charge is -2.36. The zero-order chi connectivity index (χ0) is 23.1. The number of fused-ring (bicyclic) bond motifs is 3. The summed E-state index contributed by atoms with van der Waals surface area (Å²) in [5, 5.41) is 0. The number of hydrogen-bond acceptors (Lipinski definition) is 5. The molecule has 2 bridgehead atoms. The van der Waals surface area contributed by atoms with Crippen LogP contribution in [0.1, 0.15) is 73.3 Å². The van der Waals surface area contributed by atoms with Gasteiger partial charge in [0.15, 0.2) is 0 Å². The molecule has 0 radical (unpaired) electrons. The fraction of sp³-hybridized carbons (Fsp3) is 0.680. The number of rotatable bonds is 2. The van der Waals surface area contributed by atoms with E-state index in [9.17, 15) is 4.79 Å². The van der Waals surface area contributed by atoms with Gasteiger partial charge in [-0.15, -0.1) is 0 Å². The number of amides is 1. The fourth-order valence-electron chi connectivity index (χ4n) is 5.54. The van der Waals surface area contributed by atoms with Crippen LogP contribution in [0.3, 0.4) is 0 Å². The Kier molecular flexibility index (Phi) is 4.85. The molecular weight excluding hydrogens is 403 g/mol. The quantitative estimate of drug-likeness (QED) is 0.643. The van der Waals surface area contributed by atoms with E-state index in [0.29, 0.717) is 5.92 Å². The molecule has 0 spiro atoms. The highest BCUT2D eigenvalue weighted by atomic mass is 16.7. The van der Waals surface area contributed by atoms with Gasteiger partial charge >= 0.3 is 13.2 Å². The number of piperidine rings is 1. The van der Waals surface area contributed by atoms with E-state index in [1.807, 2.05) is 25.7 Å². The van der Waals surface area contributed by atoms with Crippen LogP contribution in [0, 0.1) is 5.92 Å². The Balaban J connectivity index is 1.36. The molecule has 32 heavy (non-hydrogen) atoms. The molecule has 2 saturated heterocycles. The minimum absolute atomic E-state index is 0.0382. The predicted molar refractivity (Wildman–Crippen MR) is 126 cm³/mol. The molecule has 3 atom stereocenters. The minimum atomic E-state index is -0.498. The van der Waals surface area contributed by atoms with Crippen LogP contribution in [0.25, 0.3) is 0 Å². The largest absolute Gasteiger partial charge is 0.494 e. The lowest BCUT2D eigenvalue weighted by Crippen LogP contribution is -2.50. The van der Waals surface area contributed by atoms with Gasteiger partial charge in [0.25, 0.3) is 0 Å². The molecule has 1 unspecified atom stereocenters. The maximum Gasteiger partial charge on any atom is 0.494 e. The van der Waals surface area contributed by atoms with Gasteiger partial charge in [-0.1, -0.05) is 12.1 Å². The van der Waals surface area contributed by atoms with Gasteiger partial charge in [-0.3, -0.25) is 9.89 Å². The maximum absolute atomic E-state index is 13.1. The summed E-state index contributed by atoms with van der Waals surface area (Å²) < 4.78 is 18.3. The topological polar surface area (TPSA) is 60.4 Å². The van der Waals surface area contributed by atoms with E-state index in [1.165, 1.54) is 5.56 Å². The second kappa shape index (κ2) is 7.07. The molecular formula is C25H35BN2O4. The van der Waals surface area contributed by atoms with Gasteiger partial charge in [0.2, 0.25) is 0 Å². The third kappa shape index (κ3) is 3.58. The lowest BCUT2D eigenvalue weighted by molar-refractivity contribution is 0.00578. The van der Waals surface area contributed by atoms with Crippen molar-refractivity contribution in [1.29, 1.82) is 0 Å². The van der Waals surface area contributed by atoms with Crippen LogP contribution < -0.4 is 5.46 Å². The van der Waals surface area contributed by atoms with E-state index >= 15 is 0 Å². The smallest absolute Gasteiger partial charge is 0.444 e. The molecule has 6 nitrogen and oxygen atoms in total. The van der Waals surface area contributed by atoms with Crippen molar-refractivity contribution in [1.82, 2.24) is 4.90 Å². The van der Waals surface area contributed by atoms with E-state index in [0.717, 1.165) is 42.5 Å². The second-order valence-electron chi connectivity index (χ2n) is 11.8. The monoisotopic (exact) mass is 438 g/mol. The number of likely N-dealkylation sites (tertiary alicyclic amines) is 1. The number of hydrogen-bond donors (Lipinski definition) is 0. The first-order valence-electron chi connectivity index (χ1n) is 11.9. The van der Waals surface area contributed by atoms with Gasteiger partial charge in [0.1, 0.15) is 5.60 Å². The Labute approximate surface area is 191 Å². The zero-order valence-electron chi connectivity index (χ0n) is 20.4. The molecule has 4 aliphatic rings. The van der Waals surface area contributed by atoms with Crippen LogP contribution in [0.15, 0.2) is 23.2 Å². The average Bonchev–Trinajstić information content (AvgIpc) is 3.41. The molecule has 1 aliphatic carbocycles. The van der Waals surface area contributed by atoms with Crippen molar-refractivity contribution in [2.45, 2.75) is 103 Å². The number of ether oxygens (including phenoxy) is 1. The normalized spacial score (nSPS) is 30.0. The Morgan fingerprint density at radius 1 is 1.16 bits per heavy atom. The number of aliphatic imine (C=N–C) groups is 1. The number of benzene rings is 1. The first-order valence-corrected chi connectivity index (χ1v) is 11.9. The minimum Gasteiger partial charge on any atom is -0.444 e. The van der Waals surface area contributed by atoms with E-state index in [2.05, 4.69) is 45.9 Å². The maximum atomic E-state index is 13.1. The summed E-state index contributed by atoms with van der Waals surface area (Å²) in [5.74, 6) is 0.475. The number of carbonyl (C=O) groups excluding carboxylic acids is 1. The van der Waals surface area contributed by atoms with Gasteiger partial charge < -0.3 is 14.0 Å². The first kappa shape index (κ1) is 22.0. The van der Waals surface area contributed by atoms with Crippen LogP contribution in [0.4, 0.5) is 10.5 Å². The summed E-state index contributed by atoms with van der Waals surface area (Å²) in [6.45, 7) is 14.1. The summed E-state index contributed by atoms with van der Waals surface area (Å²) in [4.78, 5) is 20.0. The highest BCUT2D eigenvalue weighted by Crippen LogP contribution is 2.45. The van der Waals surface area contributed by atoms with Crippen LogP contribution >= 0.6 is 0 Å². The molecule has 3 aliphatic heterocycles. The molecule has 7 heteroatoms. The summed E-state index contributed by atoms with van der Waals surface area (Å²) in [5.41, 5.74) is 3.05. The molecule has 3 heterocycles. The molecule has 5 rings (SSSR count). The third-order valence-corrected chi connectivity index (χ3v) is 7.80. The molecule has 3 fully saturated rings. The van der Waals surface area contributed by atoms with Gasteiger partial charge in [0.05, 0.1) is 22.9 Å². The van der Waals surface area contributed by atoms with Crippen molar-refractivity contribution in [2.24, 2.45) is 10.9 Å². The van der Waals surface area contributed by atoms with Gasteiger partial charge in [-0.2, -0.15) is 0 Å². The fourth-order valence-corrected chi connectivity index (χ4v) is 5.54. The Hall–Kier alpha value is -1.86. The van der Waals surface area contributed by atoms with Crippen molar-refractivity contribution >= 4 is 30.1 Å². The standard InChI is InChI=1S/C25H35BN2O4/c1-23(2,3)30-22(29)28-18-10-8-15(13-18)21(28)20-14-16-12-17(9-11-19(16)27-20)26-31-24(4,5)25(6,7)32-26/h9,11-12,15,18,21H,8,10,13-14H2,1-7H3/t15-,18?,21-/m0/s1. The van der Waals surface area contributed by atoms with E-state index in [-0.39, 0.29) is 36.5 Å². The summed E-state index contributed by atoms with van der Waals surface area (Å²) >= 11 is 0.